The summed E-state index contributed by atoms with van der Waals surface area (Å²) in [6.45, 7) is 11.3. The van der Waals surface area contributed by atoms with Crippen molar-refractivity contribution in [3.63, 3.8) is 0 Å². The van der Waals surface area contributed by atoms with Crippen molar-refractivity contribution >= 4 is 41.0 Å². The predicted octanol–water partition coefficient (Wildman–Crippen LogP) is 3.07. The number of rotatable bonds is 6. The first-order valence-electron chi connectivity index (χ1n) is 9.44. The Morgan fingerprint density at radius 1 is 1.14 bits per heavy atom. The lowest BCUT2D eigenvalue weighted by molar-refractivity contribution is 0.660. The van der Waals surface area contributed by atoms with Gasteiger partial charge in [0.1, 0.15) is 5.82 Å². The van der Waals surface area contributed by atoms with Gasteiger partial charge in [-0.05, 0) is 39.8 Å². The van der Waals surface area contributed by atoms with Crippen molar-refractivity contribution in [2.24, 2.45) is 12.0 Å². The summed E-state index contributed by atoms with van der Waals surface area (Å²) in [4.78, 5) is 9.36. The van der Waals surface area contributed by atoms with Crippen molar-refractivity contribution in [2.75, 3.05) is 13.1 Å². The van der Waals surface area contributed by atoms with Gasteiger partial charge in [0.25, 0.3) is 0 Å². The number of aliphatic imine (C=N–C) groups is 1. The van der Waals surface area contributed by atoms with Crippen molar-refractivity contribution in [2.45, 2.75) is 40.8 Å². The largest absolute Gasteiger partial charge is 0.357 e. The molecule has 0 aliphatic rings. The van der Waals surface area contributed by atoms with Gasteiger partial charge in [-0.1, -0.05) is 12.1 Å². The standard InChI is InChI=1S/C20H29N7.HI/c1-6-21-20(23-13-17-14(2)25-26(5)15(17)3)22-11-12-27-16(4)24-18-9-7-8-10-19(18)27;/h7-10H,6,11-13H2,1-5H3,(H2,21,22,23);1H. The van der Waals surface area contributed by atoms with Crippen LogP contribution in [-0.4, -0.2) is 38.4 Å². The fraction of sp³-hybridized carbons (Fsp3) is 0.450. The highest BCUT2D eigenvalue weighted by Gasteiger charge is 2.09. The molecule has 2 heterocycles. The van der Waals surface area contributed by atoms with Crippen molar-refractivity contribution in [1.29, 1.82) is 0 Å². The highest BCUT2D eigenvalue weighted by molar-refractivity contribution is 14.0. The number of benzene rings is 1. The van der Waals surface area contributed by atoms with Crippen LogP contribution in [0.1, 0.15) is 29.7 Å². The summed E-state index contributed by atoms with van der Waals surface area (Å²) < 4.78 is 4.15. The number of nitrogens with one attached hydrogen (secondary N) is 2. The van der Waals surface area contributed by atoms with Crippen LogP contribution in [0.15, 0.2) is 29.3 Å². The van der Waals surface area contributed by atoms with E-state index in [1.807, 2.05) is 31.6 Å². The zero-order valence-corrected chi connectivity index (χ0v) is 19.6. The van der Waals surface area contributed by atoms with E-state index < -0.39 is 0 Å². The van der Waals surface area contributed by atoms with E-state index in [-0.39, 0.29) is 24.0 Å². The zero-order chi connectivity index (χ0) is 19.4. The van der Waals surface area contributed by atoms with Gasteiger partial charge in [-0.2, -0.15) is 5.10 Å². The molecule has 7 nitrogen and oxygen atoms in total. The first-order chi connectivity index (χ1) is 13.0. The number of hydrogen-bond acceptors (Lipinski definition) is 3. The highest BCUT2D eigenvalue weighted by atomic mass is 127. The van der Waals surface area contributed by atoms with E-state index >= 15 is 0 Å². The molecular formula is C20H30IN7. The Labute approximate surface area is 183 Å². The normalized spacial score (nSPS) is 11.5. The molecule has 0 fully saturated rings. The molecule has 152 valence electrons. The van der Waals surface area contributed by atoms with E-state index in [0.717, 1.165) is 48.3 Å². The van der Waals surface area contributed by atoms with Crippen LogP contribution >= 0.6 is 24.0 Å². The number of guanidine groups is 1. The molecular weight excluding hydrogens is 465 g/mol. The molecule has 0 saturated carbocycles. The summed E-state index contributed by atoms with van der Waals surface area (Å²) in [7, 11) is 1.97. The molecule has 0 atom stereocenters. The fourth-order valence-electron chi connectivity index (χ4n) is 3.31. The second-order valence-electron chi connectivity index (χ2n) is 6.69. The zero-order valence-electron chi connectivity index (χ0n) is 17.3. The quantitative estimate of drug-likeness (QED) is 0.313. The minimum Gasteiger partial charge on any atom is -0.357 e. The van der Waals surface area contributed by atoms with Gasteiger partial charge in [0.15, 0.2) is 5.96 Å². The van der Waals surface area contributed by atoms with Gasteiger partial charge < -0.3 is 15.2 Å². The molecule has 3 aromatic rings. The van der Waals surface area contributed by atoms with Crippen molar-refractivity contribution in [1.82, 2.24) is 30.0 Å². The topological polar surface area (TPSA) is 72.1 Å². The van der Waals surface area contributed by atoms with E-state index in [4.69, 9.17) is 4.99 Å². The summed E-state index contributed by atoms with van der Waals surface area (Å²) in [6, 6.07) is 8.24. The fourth-order valence-corrected chi connectivity index (χ4v) is 3.31. The summed E-state index contributed by atoms with van der Waals surface area (Å²) in [5, 5.41) is 11.2. The molecule has 8 heteroatoms. The molecule has 28 heavy (non-hydrogen) atoms. The Kier molecular flexibility index (Phi) is 7.85. The number of halogens is 1. The third kappa shape index (κ3) is 4.84. The van der Waals surface area contributed by atoms with Crippen LogP contribution in [0.2, 0.25) is 0 Å². The van der Waals surface area contributed by atoms with Gasteiger partial charge in [0, 0.05) is 37.9 Å². The number of para-hydroxylation sites is 2. The van der Waals surface area contributed by atoms with Crippen LogP contribution in [0, 0.1) is 20.8 Å². The average Bonchev–Trinajstić information content (AvgIpc) is 3.09. The minimum atomic E-state index is 0. The summed E-state index contributed by atoms with van der Waals surface area (Å²) in [5.41, 5.74) is 5.59. The van der Waals surface area contributed by atoms with Crippen LogP contribution in [0.3, 0.4) is 0 Å². The van der Waals surface area contributed by atoms with Gasteiger partial charge in [-0.3, -0.25) is 4.68 Å². The predicted molar refractivity (Wildman–Crippen MR) is 125 cm³/mol. The van der Waals surface area contributed by atoms with Gasteiger partial charge in [-0.15, -0.1) is 24.0 Å². The van der Waals surface area contributed by atoms with E-state index in [1.54, 1.807) is 0 Å². The van der Waals surface area contributed by atoms with Gasteiger partial charge in [0.05, 0.1) is 23.3 Å². The molecule has 0 bridgehead atoms. The molecule has 0 unspecified atom stereocenters. The SMILES string of the molecule is CCNC(=NCc1c(C)nn(C)c1C)NCCn1c(C)nc2ccccc21.I. The Morgan fingerprint density at radius 2 is 1.89 bits per heavy atom. The summed E-state index contributed by atoms with van der Waals surface area (Å²) >= 11 is 0. The molecule has 0 aliphatic heterocycles. The summed E-state index contributed by atoms with van der Waals surface area (Å²) in [6.07, 6.45) is 0. The molecule has 3 rings (SSSR count). The molecule has 2 N–H and O–H groups in total. The second-order valence-corrected chi connectivity index (χ2v) is 6.69. The van der Waals surface area contributed by atoms with E-state index in [1.165, 1.54) is 11.1 Å². The van der Waals surface area contributed by atoms with Crippen LogP contribution in [0.5, 0.6) is 0 Å². The molecule has 1 aromatic carbocycles. The molecule has 0 amide bonds. The monoisotopic (exact) mass is 495 g/mol. The Morgan fingerprint density at radius 3 is 2.57 bits per heavy atom. The first kappa shape index (κ1) is 22.2. The minimum absolute atomic E-state index is 0. The molecule has 0 radical (unpaired) electrons. The Bertz CT molecular complexity index is 955. The maximum absolute atomic E-state index is 4.74. The van der Waals surface area contributed by atoms with Crippen LogP contribution in [-0.2, 0) is 20.1 Å². The Hall–Kier alpha value is -2.10. The lowest BCUT2D eigenvalue weighted by atomic mass is 10.2. The number of hydrogen-bond donors (Lipinski definition) is 2. The van der Waals surface area contributed by atoms with E-state index in [0.29, 0.717) is 6.54 Å². The van der Waals surface area contributed by atoms with Crippen molar-refractivity contribution in [3.8, 4) is 0 Å². The smallest absolute Gasteiger partial charge is 0.191 e. The maximum atomic E-state index is 4.74. The van der Waals surface area contributed by atoms with Gasteiger partial charge in [0.2, 0.25) is 0 Å². The lowest BCUT2D eigenvalue weighted by Crippen LogP contribution is -2.39. The number of aromatic nitrogens is 4. The highest BCUT2D eigenvalue weighted by Crippen LogP contribution is 2.15. The lowest BCUT2D eigenvalue weighted by Gasteiger charge is -2.13. The summed E-state index contributed by atoms with van der Waals surface area (Å²) in [5.74, 6) is 1.85. The maximum Gasteiger partial charge on any atom is 0.191 e. The first-order valence-corrected chi connectivity index (χ1v) is 9.44. The molecule has 0 saturated heterocycles. The third-order valence-corrected chi connectivity index (χ3v) is 4.87. The third-order valence-electron chi connectivity index (χ3n) is 4.87. The Balaban J connectivity index is 0.00000280. The van der Waals surface area contributed by atoms with E-state index in [9.17, 15) is 0 Å². The van der Waals surface area contributed by atoms with Gasteiger partial charge >= 0.3 is 0 Å². The van der Waals surface area contributed by atoms with Crippen molar-refractivity contribution in [3.05, 3.63) is 47.0 Å². The van der Waals surface area contributed by atoms with E-state index in [2.05, 4.69) is 57.3 Å². The van der Waals surface area contributed by atoms with Crippen LogP contribution < -0.4 is 10.6 Å². The molecule has 2 aromatic heterocycles. The number of fused-ring (bicyclic) bond motifs is 1. The number of imidazole rings is 1. The van der Waals surface area contributed by atoms with Crippen molar-refractivity contribution < 1.29 is 0 Å². The second kappa shape index (κ2) is 9.90. The van der Waals surface area contributed by atoms with Crippen LogP contribution in [0.4, 0.5) is 0 Å². The average molecular weight is 495 g/mol. The molecule has 0 spiro atoms. The van der Waals surface area contributed by atoms with Gasteiger partial charge in [-0.25, -0.2) is 9.98 Å². The number of aryl methyl sites for hydroxylation is 3. The number of nitrogens with zero attached hydrogens (tertiary/aromatic N) is 5. The van der Waals surface area contributed by atoms with Crippen LogP contribution in [0.25, 0.3) is 11.0 Å². The molecule has 0 aliphatic carbocycles.